The molecule has 1 aromatic heterocycles. The van der Waals surface area contributed by atoms with Crippen LogP contribution in [0, 0.1) is 0 Å². The zero-order chi connectivity index (χ0) is 21.1. The summed E-state index contributed by atoms with van der Waals surface area (Å²) in [4.78, 5) is 31.0. The van der Waals surface area contributed by atoms with E-state index >= 15 is 0 Å². The lowest BCUT2D eigenvalue weighted by Gasteiger charge is -2.29. The van der Waals surface area contributed by atoms with Crippen LogP contribution in [0.25, 0.3) is 0 Å². The third-order valence-electron chi connectivity index (χ3n) is 6.36. The van der Waals surface area contributed by atoms with Gasteiger partial charge in [-0.25, -0.2) is 0 Å². The van der Waals surface area contributed by atoms with E-state index in [1.54, 1.807) is 19.5 Å². The molecule has 1 aliphatic carbocycles. The van der Waals surface area contributed by atoms with Gasteiger partial charge in [-0.3, -0.25) is 19.5 Å². The van der Waals surface area contributed by atoms with E-state index in [0.717, 1.165) is 24.0 Å². The zero-order valence-corrected chi connectivity index (χ0v) is 17.6. The Labute approximate surface area is 177 Å². The highest BCUT2D eigenvalue weighted by Crippen LogP contribution is 2.43. The van der Waals surface area contributed by atoms with Crippen LogP contribution >= 0.6 is 0 Å². The molecule has 0 spiro atoms. The van der Waals surface area contributed by atoms with Crippen molar-refractivity contribution in [3.63, 3.8) is 0 Å². The summed E-state index contributed by atoms with van der Waals surface area (Å²) in [6, 6.07) is 9.59. The summed E-state index contributed by atoms with van der Waals surface area (Å²) in [5, 5.41) is 0. The van der Waals surface area contributed by atoms with Gasteiger partial charge in [0.2, 0.25) is 11.8 Å². The first-order valence-corrected chi connectivity index (χ1v) is 10.6. The Morgan fingerprint density at radius 2 is 1.90 bits per heavy atom. The molecule has 0 radical (unpaired) electrons. The molecule has 1 atom stereocenters. The van der Waals surface area contributed by atoms with E-state index in [0.29, 0.717) is 30.9 Å². The van der Waals surface area contributed by atoms with E-state index in [1.165, 1.54) is 24.7 Å². The van der Waals surface area contributed by atoms with Gasteiger partial charge in [-0.2, -0.15) is 0 Å². The zero-order valence-electron chi connectivity index (χ0n) is 17.6. The van der Waals surface area contributed by atoms with Crippen LogP contribution in [0.3, 0.4) is 0 Å². The van der Waals surface area contributed by atoms with Gasteiger partial charge in [0.1, 0.15) is 0 Å². The minimum Gasteiger partial charge on any atom is -0.493 e. The van der Waals surface area contributed by atoms with Crippen molar-refractivity contribution in [1.82, 2.24) is 9.88 Å². The summed E-state index contributed by atoms with van der Waals surface area (Å²) in [7, 11) is 1.63. The molecule has 158 valence electrons. The highest BCUT2D eigenvalue weighted by molar-refractivity contribution is 6.02. The first-order valence-electron chi connectivity index (χ1n) is 10.6. The van der Waals surface area contributed by atoms with Crippen molar-refractivity contribution >= 4 is 11.8 Å². The Hall–Kier alpha value is -2.89. The molecule has 1 saturated heterocycles. The molecular formula is C24H28N2O4. The first-order chi connectivity index (χ1) is 14.5. The second kappa shape index (κ2) is 8.46. The molecular weight excluding hydrogens is 380 g/mol. The highest BCUT2D eigenvalue weighted by Gasteiger charge is 2.49. The summed E-state index contributed by atoms with van der Waals surface area (Å²) >= 11 is 0. The molecule has 2 aliphatic rings. The predicted molar refractivity (Wildman–Crippen MR) is 113 cm³/mol. The number of carbonyl (C=O) groups excluding carboxylic acids is 2. The number of benzene rings is 1. The van der Waals surface area contributed by atoms with Crippen molar-refractivity contribution in [2.75, 3.05) is 13.7 Å². The summed E-state index contributed by atoms with van der Waals surface area (Å²) in [5.74, 6) is 0.972. The smallest absolute Gasteiger partial charge is 0.240 e. The number of amides is 2. The Kier molecular flexibility index (Phi) is 5.75. The lowest BCUT2D eigenvalue weighted by molar-refractivity contribution is -0.143. The summed E-state index contributed by atoms with van der Waals surface area (Å²) < 4.78 is 11.8. The first kappa shape index (κ1) is 20.4. The van der Waals surface area contributed by atoms with Gasteiger partial charge in [-0.05, 0) is 73.9 Å². The lowest BCUT2D eigenvalue weighted by Crippen LogP contribution is -2.41. The van der Waals surface area contributed by atoms with Crippen LogP contribution in [0.4, 0.5) is 0 Å². The molecule has 4 rings (SSSR count). The second-order valence-electron chi connectivity index (χ2n) is 8.23. The molecule has 1 aliphatic heterocycles. The standard InChI is InChI=1S/C24H28N2O4/c1-17(27)26-14-11-24(23(26)28,16-18-9-12-25-13-10-18)19-7-8-21(29-2)22(15-19)30-20-5-3-4-6-20/h7-10,12-13,15,20H,3-6,11,14,16H2,1-2H3. The van der Waals surface area contributed by atoms with Crippen LogP contribution in [0.5, 0.6) is 11.5 Å². The summed E-state index contributed by atoms with van der Waals surface area (Å²) in [6.45, 7) is 1.87. The maximum absolute atomic E-state index is 13.5. The number of imide groups is 1. The fourth-order valence-electron chi connectivity index (χ4n) is 4.71. The number of hydrogen-bond acceptors (Lipinski definition) is 5. The number of methoxy groups -OCH3 is 1. The Bertz CT molecular complexity index is 924. The van der Waals surface area contributed by atoms with Crippen LogP contribution in [-0.4, -0.2) is 41.5 Å². The number of carbonyl (C=O) groups is 2. The molecule has 2 amide bonds. The average Bonchev–Trinajstić information content (AvgIpc) is 3.37. The maximum atomic E-state index is 13.5. The molecule has 2 heterocycles. The van der Waals surface area contributed by atoms with Gasteiger partial charge < -0.3 is 9.47 Å². The quantitative estimate of drug-likeness (QED) is 0.729. The minimum atomic E-state index is -0.812. The Morgan fingerprint density at radius 3 is 2.53 bits per heavy atom. The SMILES string of the molecule is COc1ccc(C2(Cc3ccncc3)CCN(C(C)=O)C2=O)cc1OC1CCCC1. The van der Waals surface area contributed by atoms with Crippen molar-refractivity contribution in [1.29, 1.82) is 0 Å². The van der Waals surface area contributed by atoms with Crippen LogP contribution < -0.4 is 9.47 Å². The minimum absolute atomic E-state index is 0.149. The molecule has 1 unspecified atom stereocenters. The normalized spacial score (nSPS) is 21.8. The van der Waals surface area contributed by atoms with Crippen LogP contribution in [0.1, 0.15) is 50.2 Å². The van der Waals surface area contributed by atoms with E-state index in [-0.39, 0.29) is 17.9 Å². The largest absolute Gasteiger partial charge is 0.493 e. The number of ether oxygens (including phenoxy) is 2. The fourth-order valence-corrected chi connectivity index (χ4v) is 4.71. The van der Waals surface area contributed by atoms with Gasteiger partial charge in [0.25, 0.3) is 0 Å². The van der Waals surface area contributed by atoms with E-state index in [9.17, 15) is 9.59 Å². The van der Waals surface area contributed by atoms with Crippen molar-refractivity contribution in [3.05, 3.63) is 53.9 Å². The van der Waals surface area contributed by atoms with Gasteiger partial charge in [-0.1, -0.05) is 6.07 Å². The molecule has 6 heteroatoms. The van der Waals surface area contributed by atoms with Crippen molar-refractivity contribution in [2.45, 2.75) is 57.0 Å². The topological polar surface area (TPSA) is 68.7 Å². The number of aromatic nitrogens is 1. The molecule has 1 aromatic carbocycles. The number of nitrogens with zero attached hydrogens (tertiary/aromatic N) is 2. The van der Waals surface area contributed by atoms with E-state index in [4.69, 9.17) is 9.47 Å². The molecule has 0 bridgehead atoms. The van der Waals surface area contributed by atoms with Crippen LogP contribution in [-0.2, 0) is 21.4 Å². The molecule has 30 heavy (non-hydrogen) atoms. The van der Waals surface area contributed by atoms with Gasteiger partial charge in [0, 0.05) is 25.9 Å². The third kappa shape index (κ3) is 3.78. The Morgan fingerprint density at radius 1 is 1.17 bits per heavy atom. The molecule has 1 saturated carbocycles. The van der Waals surface area contributed by atoms with Crippen molar-refractivity contribution in [3.8, 4) is 11.5 Å². The highest BCUT2D eigenvalue weighted by atomic mass is 16.5. The second-order valence-corrected chi connectivity index (χ2v) is 8.23. The molecule has 2 aromatic rings. The van der Waals surface area contributed by atoms with Gasteiger partial charge >= 0.3 is 0 Å². The van der Waals surface area contributed by atoms with Gasteiger partial charge in [-0.15, -0.1) is 0 Å². The van der Waals surface area contributed by atoms with E-state index in [2.05, 4.69) is 4.98 Å². The number of likely N-dealkylation sites (tertiary alicyclic amines) is 1. The summed E-state index contributed by atoms with van der Waals surface area (Å²) in [6.07, 6.45) is 9.13. The number of pyridine rings is 1. The molecule has 2 fully saturated rings. The van der Waals surface area contributed by atoms with Gasteiger partial charge in [0.15, 0.2) is 11.5 Å². The number of hydrogen-bond donors (Lipinski definition) is 0. The number of rotatable bonds is 6. The third-order valence-corrected chi connectivity index (χ3v) is 6.36. The van der Waals surface area contributed by atoms with Crippen molar-refractivity contribution < 1.29 is 19.1 Å². The average molecular weight is 408 g/mol. The summed E-state index contributed by atoms with van der Waals surface area (Å²) in [5.41, 5.74) is 1.06. The Balaban J connectivity index is 1.75. The van der Waals surface area contributed by atoms with Crippen molar-refractivity contribution in [2.24, 2.45) is 0 Å². The van der Waals surface area contributed by atoms with Crippen LogP contribution in [0.2, 0.25) is 0 Å². The predicted octanol–water partition coefficient (Wildman–Crippen LogP) is 3.67. The lowest BCUT2D eigenvalue weighted by atomic mass is 9.74. The monoisotopic (exact) mass is 408 g/mol. The van der Waals surface area contributed by atoms with E-state index in [1.807, 2.05) is 30.3 Å². The van der Waals surface area contributed by atoms with Crippen LogP contribution in [0.15, 0.2) is 42.7 Å². The molecule has 6 nitrogen and oxygen atoms in total. The maximum Gasteiger partial charge on any atom is 0.240 e. The molecule has 0 N–H and O–H groups in total. The van der Waals surface area contributed by atoms with Gasteiger partial charge in [0.05, 0.1) is 18.6 Å². The van der Waals surface area contributed by atoms with E-state index < -0.39 is 5.41 Å². The fraction of sp³-hybridized carbons (Fsp3) is 0.458.